The van der Waals surface area contributed by atoms with Crippen molar-refractivity contribution in [3.8, 4) is 0 Å². The van der Waals surface area contributed by atoms with Gasteiger partial charge in [-0.2, -0.15) is 5.10 Å². The summed E-state index contributed by atoms with van der Waals surface area (Å²) in [6.07, 6.45) is 5.97. The van der Waals surface area contributed by atoms with Gasteiger partial charge in [0.1, 0.15) is 12.2 Å². The molecular weight excluding hydrogens is 254 g/mol. The topological polar surface area (TPSA) is 83.6 Å². The first-order valence-corrected chi connectivity index (χ1v) is 5.87. The van der Waals surface area contributed by atoms with E-state index < -0.39 is 0 Å². The van der Waals surface area contributed by atoms with E-state index in [1.807, 2.05) is 0 Å². The summed E-state index contributed by atoms with van der Waals surface area (Å²) in [6.45, 7) is 0.554. The lowest BCUT2D eigenvalue weighted by Crippen LogP contribution is -2.25. The van der Waals surface area contributed by atoms with Crippen molar-refractivity contribution in [2.45, 2.75) is 12.8 Å². The fraction of sp³-hybridized carbons (Fsp3) is 0.273. The Bertz CT molecular complexity index is 514. The van der Waals surface area contributed by atoms with E-state index in [1.165, 1.54) is 18.7 Å². The number of aromatic amines is 1. The molecule has 94 valence electrons. The van der Waals surface area contributed by atoms with E-state index in [0.29, 0.717) is 17.1 Å². The number of carbonyl (C=O) groups excluding carboxylic acids is 1. The molecule has 2 rings (SSSR count). The first-order valence-electron chi connectivity index (χ1n) is 5.49. The van der Waals surface area contributed by atoms with E-state index in [4.69, 9.17) is 11.6 Å². The number of H-pyrrole nitrogens is 1. The first-order chi connectivity index (χ1) is 8.77. The Kier molecular flexibility index (Phi) is 4.25. The number of aryl methyl sites for hydroxylation is 1. The molecule has 0 bridgehead atoms. The maximum absolute atomic E-state index is 11.8. The molecule has 2 heterocycles. The maximum atomic E-state index is 11.8. The highest BCUT2D eigenvalue weighted by molar-refractivity contribution is 6.33. The zero-order chi connectivity index (χ0) is 12.8. The van der Waals surface area contributed by atoms with Gasteiger partial charge in [0.15, 0.2) is 0 Å². The Morgan fingerprint density at radius 1 is 1.50 bits per heavy atom. The largest absolute Gasteiger partial charge is 0.352 e. The van der Waals surface area contributed by atoms with Gasteiger partial charge >= 0.3 is 0 Å². The highest BCUT2D eigenvalue weighted by Gasteiger charge is 2.08. The van der Waals surface area contributed by atoms with Crippen molar-refractivity contribution in [3.05, 3.63) is 41.2 Å². The van der Waals surface area contributed by atoms with Crippen molar-refractivity contribution in [2.75, 3.05) is 6.54 Å². The molecule has 2 aromatic rings. The molecule has 0 radical (unpaired) electrons. The van der Waals surface area contributed by atoms with Gasteiger partial charge in [-0.05, 0) is 12.5 Å². The number of aromatic nitrogens is 4. The third-order valence-corrected chi connectivity index (χ3v) is 2.66. The van der Waals surface area contributed by atoms with Gasteiger partial charge in [-0.15, -0.1) is 0 Å². The Morgan fingerprint density at radius 3 is 3.11 bits per heavy atom. The molecule has 18 heavy (non-hydrogen) atoms. The molecule has 0 fully saturated rings. The van der Waals surface area contributed by atoms with Gasteiger partial charge in [0.05, 0.1) is 10.6 Å². The number of rotatable bonds is 5. The van der Waals surface area contributed by atoms with E-state index >= 15 is 0 Å². The quantitative estimate of drug-likeness (QED) is 0.796. The van der Waals surface area contributed by atoms with Crippen molar-refractivity contribution in [1.82, 2.24) is 25.5 Å². The van der Waals surface area contributed by atoms with Crippen LogP contribution in [-0.2, 0) is 6.42 Å². The Labute approximate surface area is 109 Å². The second-order valence-electron chi connectivity index (χ2n) is 3.65. The van der Waals surface area contributed by atoms with Crippen LogP contribution < -0.4 is 5.32 Å². The molecule has 7 heteroatoms. The predicted molar refractivity (Wildman–Crippen MR) is 66.3 cm³/mol. The lowest BCUT2D eigenvalue weighted by Gasteiger charge is -2.05. The van der Waals surface area contributed by atoms with Crippen molar-refractivity contribution in [1.29, 1.82) is 0 Å². The third kappa shape index (κ3) is 3.27. The maximum Gasteiger partial charge on any atom is 0.252 e. The molecule has 2 N–H and O–H groups in total. The predicted octanol–water partition coefficient (Wildman–Crippen LogP) is 1.22. The van der Waals surface area contributed by atoms with Gasteiger partial charge in [0.25, 0.3) is 5.91 Å². The molecule has 6 nitrogen and oxygen atoms in total. The van der Waals surface area contributed by atoms with Crippen molar-refractivity contribution in [2.24, 2.45) is 0 Å². The highest BCUT2D eigenvalue weighted by atomic mass is 35.5. The van der Waals surface area contributed by atoms with E-state index in [9.17, 15) is 4.79 Å². The second kappa shape index (κ2) is 6.11. The molecule has 0 atom stereocenters. The number of amides is 1. The van der Waals surface area contributed by atoms with Crippen LogP contribution in [0.15, 0.2) is 24.8 Å². The molecule has 0 aromatic carbocycles. The molecule has 0 unspecified atom stereocenters. The lowest BCUT2D eigenvalue weighted by molar-refractivity contribution is 0.0953. The number of nitrogens with zero attached hydrogens (tertiary/aromatic N) is 3. The molecule has 0 aliphatic heterocycles. The van der Waals surface area contributed by atoms with E-state index in [1.54, 1.807) is 6.07 Å². The molecule has 1 amide bonds. The van der Waals surface area contributed by atoms with Crippen molar-refractivity contribution >= 4 is 17.5 Å². The fourth-order valence-corrected chi connectivity index (χ4v) is 1.67. The SMILES string of the molecule is O=C(NCCCc1ncn[nH]1)c1ccncc1Cl. The van der Waals surface area contributed by atoms with Crippen LogP contribution in [-0.4, -0.2) is 32.6 Å². The molecule has 0 saturated carbocycles. The van der Waals surface area contributed by atoms with Crippen molar-refractivity contribution in [3.63, 3.8) is 0 Å². The standard InChI is InChI=1S/C11H12ClN5O/c12-9-6-13-5-3-8(9)11(18)14-4-1-2-10-15-7-16-17-10/h3,5-7H,1-2,4H2,(H,14,18)(H,15,16,17). The van der Waals surface area contributed by atoms with Gasteiger partial charge < -0.3 is 5.32 Å². The van der Waals surface area contributed by atoms with Crippen LogP contribution >= 0.6 is 11.6 Å². The molecule has 0 aliphatic rings. The number of hydrogen-bond acceptors (Lipinski definition) is 4. The van der Waals surface area contributed by atoms with Gasteiger partial charge in [-0.25, -0.2) is 4.98 Å². The van der Waals surface area contributed by atoms with E-state index in [-0.39, 0.29) is 5.91 Å². The summed E-state index contributed by atoms with van der Waals surface area (Å²) in [5.74, 6) is 0.617. The summed E-state index contributed by atoms with van der Waals surface area (Å²) in [6, 6.07) is 1.59. The average molecular weight is 266 g/mol. The third-order valence-electron chi connectivity index (χ3n) is 2.36. The minimum atomic E-state index is -0.194. The summed E-state index contributed by atoms with van der Waals surface area (Å²) >= 11 is 5.87. The van der Waals surface area contributed by atoms with Gasteiger partial charge in [-0.3, -0.25) is 14.9 Å². The minimum Gasteiger partial charge on any atom is -0.352 e. The average Bonchev–Trinajstić information content (AvgIpc) is 2.88. The number of carbonyl (C=O) groups is 1. The Hall–Kier alpha value is -1.95. The Morgan fingerprint density at radius 2 is 2.39 bits per heavy atom. The number of halogens is 1. The molecule has 2 aromatic heterocycles. The normalized spacial score (nSPS) is 10.3. The van der Waals surface area contributed by atoms with Crippen LogP contribution in [0.3, 0.4) is 0 Å². The summed E-state index contributed by atoms with van der Waals surface area (Å²) < 4.78 is 0. The molecule has 0 saturated heterocycles. The highest BCUT2D eigenvalue weighted by Crippen LogP contribution is 2.12. The number of pyridine rings is 1. The summed E-state index contributed by atoms with van der Waals surface area (Å²) in [7, 11) is 0. The van der Waals surface area contributed by atoms with Crippen LogP contribution in [0, 0.1) is 0 Å². The van der Waals surface area contributed by atoms with Gasteiger partial charge in [0, 0.05) is 25.4 Å². The zero-order valence-corrected chi connectivity index (χ0v) is 10.3. The summed E-state index contributed by atoms with van der Waals surface area (Å²) in [4.78, 5) is 19.6. The summed E-state index contributed by atoms with van der Waals surface area (Å²) in [5.41, 5.74) is 0.436. The number of nitrogens with one attached hydrogen (secondary N) is 2. The molecular formula is C11H12ClN5O. The Balaban J connectivity index is 1.77. The van der Waals surface area contributed by atoms with E-state index in [0.717, 1.165) is 18.7 Å². The number of hydrogen-bond donors (Lipinski definition) is 2. The monoisotopic (exact) mass is 265 g/mol. The lowest BCUT2D eigenvalue weighted by atomic mass is 10.2. The van der Waals surface area contributed by atoms with Crippen LogP contribution in [0.1, 0.15) is 22.6 Å². The van der Waals surface area contributed by atoms with Crippen LogP contribution in [0.2, 0.25) is 5.02 Å². The summed E-state index contributed by atoms with van der Waals surface area (Å²) in [5, 5.41) is 9.65. The zero-order valence-electron chi connectivity index (χ0n) is 9.56. The fourth-order valence-electron chi connectivity index (χ4n) is 1.46. The van der Waals surface area contributed by atoms with Gasteiger partial charge in [0.2, 0.25) is 0 Å². The smallest absolute Gasteiger partial charge is 0.252 e. The second-order valence-corrected chi connectivity index (χ2v) is 4.05. The van der Waals surface area contributed by atoms with Crippen LogP contribution in [0.25, 0.3) is 0 Å². The van der Waals surface area contributed by atoms with E-state index in [2.05, 4.69) is 25.5 Å². The van der Waals surface area contributed by atoms with Crippen LogP contribution in [0.5, 0.6) is 0 Å². The molecule has 0 spiro atoms. The molecule has 0 aliphatic carbocycles. The first kappa shape index (κ1) is 12.5. The van der Waals surface area contributed by atoms with Crippen molar-refractivity contribution < 1.29 is 4.79 Å². The minimum absolute atomic E-state index is 0.194. The van der Waals surface area contributed by atoms with Gasteiger partial charge in [-0.1, -0.05) is 11.6 Å². The van der Waals surface area contributed by atoms with Crippen LogP contribution in [0.4, 0.5) is 0 Å².